The lowest BCUT2D eigenvalue weighted by molar-refractivity contribution is 0.422. The first-order valence-electron chi connectivity index (χ1n) is 4.22. The monoisotopic (exact) mass is 164 g/mol. The molecule has 66 valence electrons. The Morgan fingerprint density at radius 3 is 2.50 bits per heavy atom. The van der Waals surface area contributed by atoms with Crippen LogP contribution in [0.25, 0.3) is 0 Å². The average molecular weight is 164 g/mol. The Bertz CT molecular complexity index is 239. The van der Waals surface area contributed by atoms with Gasteiger partial charge in [-0.05, 0) is 19.1 Å². The minimum Gasteiger partial charge on any atom is -0.327 e. The second-order valence-electron chi connectivity index (χ2n) is 3.73. The van der Waals surface area contributed by atoms with Crippen molar-refractivity contribution in [2.24, 2.45) is 5.73 Å². The standard InChI is InChI=1S/C10H16N2/c1-8(11)10(2,3)9-6-4-5-7-12-9/h4-8H,11H2,1-3H3. The number of hydrogen-bond acceptors (Lipinski definition) is 2. The van der Waals surface area contributed by atoms with E-state index in [2.05, 4.69) is 18.8 Å². The molecule has 0 bridgehead atoms. The minimum absolute atomic E-state index is 0.0404. The zero-order chi connectivity index (χ0) is 9.19. The SMILES string of the molecule is CC(N)C(C)(C)c1ccccn1. The van der Waals surface area contributed by atoms with Crippen LogP contribution in [-0.4, -0.2) is 11.0 Å². The molecule has 1 unspecified atom stereocenters. The first-order valence-corrected chi connectivity index (χ1v) is 4.22. The highest BCUT2D eigenvalue weighted by atomic mass is 14.7. The number of hydrogen-bond donors (Lipinski definition) is 1. The van der Waals surface area contributed by atoms with Gasteiger partial charge < -0.3 is 5.73 Å². The molecule has 2 nitrogen and oxygen atoms in total. The summed E-state index contributed by atoms with van der Waals surface area (Å²) in [5.74, 6) is 0. The molecule has 0 spiro atoms. The quantitative estimate of drug-likeness (QED) is 0.722. The Morgan fingerprint density at radius 1 is 1.42 bits per heavy atom. The summed E-state index contributed by atoms with van der Waals surface area (Å²) in [6, 6.07) is 6.05. The van der Waals surface area contributed by atoms with E-state index >= 15 is 0 Å². The Morgan fingerprint density at radius 2 is 2.08 bits per heavy atom. The van der Waals surface area contributed by atoms with Gasteiger partial charge in [-0.2, -0.15) is 0 Å². The van der Waals surface area contributed by atoms with E-state index in [9.17, 15) is 0 Å². The molecule has 1 aromatic heterocycles. The van der Waals surface area contributed by atoms with E-state index in [4.69, 9.17) is 5.73 Å². The van der Waals surface area contributed by atoms with Gasteiger partial charge in [0, 0.05) is 23.3 Å². The van der Waals surface area contributed by atoms with Crippen LogP contribution < -0.4 is 5.73 Å². The molecule has 0 fully saturated rings. The van der Waals surface area contributed by atoms with Crippen LogP contribution in [-0.2, 0) is 5.41 Å². The molecule has 0 aromatic carbocycles. The van der Waals surface area contributed by atoms with Crippen molar-refractivity contribution in [2.45, 2.75) is 32.2 Å². The molecule has 2 N–H and O–H groups in total. The second kappa shape index (κ2) is 3.23. The molecule has 1 heterocycles. The van der Waals surface area contributed by atoms with Crippen molar-refractivity contribution < 1.29 is 0 Å². The van der Waals surface area contributed by atoms with Gasteiger partial charge in [-0.1, -0.05) is 19.9 Å². The third-order valence-corrected chi connectivity index (χ3v) is 2.46. The third-order valence-electron chi connectivity index (χ3n) is 2.46. The van der Waals surface area contributed by atoms with E-state index in [1.807, 2.05) is 25.1 Å². The number of pyridine rings is 1. The van der Waals surface area contributed by atoms with Gasteiger partial charge >= 0.3 is 0 Å². The predicted molar refractivity (Wildman–Crippen MR) is 50.9 cm³/mol. The number of rotatable bonds is 2. The topological polar surface area (TPSA) is 38.9 Å². The van der Waals surface area contributed by atoms with E-state index in [-0.39, 0.29) is 11.5 Å². The van der Waals surface area contributed by atoms with Crippen LogP contribution in [0.1, 0.15) is 26.5 Å². The molecule has 1 aromatic rings. The van der Waals surface area contributed by atoms with Gasteiger partial charge in [-0.15, -0.1) is 0 Å². The summed E-state index contributed by atoms with van der Waals surface area (Å²) in [5, 5.41) is 0. The normalized spacial score (nSPS) is 14.3. The van der Waals surface area contributed by atoms with Crippen molar-refractivity contribution in [1.82, 2.24) is 4.98 Å². The van der Waals surface area contributed by atoms with Gasteiger partial charge in [0.25, 0.3) is 0 Å². The molecule has 0 saturated carbocycles. The highest BCUT2D eigenvalue weighted by Gasteiger charge is 2.25. The van der Waals surface area contributed by atoms with Crippen molar-refractivity contribution in [3.05, 3.63) is 30.1 Å². The van der Waals surface area contributed by atoms with Crippen LogP contribution in [0.4, 0.5) is 0 Å². The average Bonchev–Trinajstić information content (AvgIpc) is 2.06. The van der Waals surface area contributed by atoms with E-state index in [0.717, 1.165) is 5.69 Å². The summed E-state index contributed by atoms with van der Waals surface area (Å²) in [6.07, 6.45) is 1.81. The summed E-state index contributed by atoms with van der Waals surface area (Å²) in [4.78, 5) is 4.29. The maximum absolute atomic E-state index is 5.86. The highest BCUT2D eigenvalue weighted by molar-refractivity contribution is 5.16. The molecule has 0 aliphatic carbocycles. The lowest BCUT2D eigenvalue weighted by atomic mass is 9.82. The van der Waals surface area contributed by atoms with Crippen LogP contribution in [0.5, 0.6) is 0 Å². The van der Waals surface area contributed by atoms with E-state index in [1.54, 1.807) is 6.20 Å². The summed E-state index contributed by atoms with van der Waals surface area (Å²) in [6.45, 7) is 6.23. The van der Waals surface area contributed by atoms with Gasteiger partial charge in [0.05, 0.1) is 0 Å². The molecule has 12 heavy (non-hydrogen) atoms. The fourth-order valence-electron chi connectivity index (χ4n) is 0.977. The smallest absolute Gasteiger partial charge is 0.0475 e. The molecular weight excluding hydrogens is 148 g/mol. The summed E-state index contributed by atoms with van der Waals surface area (Å²) in [7, 11) is 0. The number of nitrogens with zero attached hydrogens (tertiary/aromatic N) is 1. The van der Waals surface area contributed by atoms with Crippen molar-refractivity contribution in [2.75, 3.05) is 0 Å². The minimum atomic E-state index is -0.0404. The van der Waals surface area contributed by atoms with Crippen LogP contribution in [0.3, 0.4) is 0 Å². The van der Waals surface area contributed by atoms with Crippen LogP contribution in [0, 0.1) is 0 Å². The third kappa shape index (κ3) is 1.64. The molecule has 0 aliphatic rings. The summed E-state index contributed by atoms with van der Waals surface area (Å²) in [5.41, 5.74) is 6.88. The predicted octanol–water partition coefficient (Wildman–Crippen LogP) is 1.71. The maximum Gasteiger partial charge on any atom is 0.0475 e. The highest BCUT2D eigenvalue weighted by Crippen LogP contribution is 2.23. The summed E-state index contributed by atoms with van der Waals surface area (Å²) < 4.78 is 0. The van der Waals surface area contributed by atoms with E-state index < -0.39 is 0 Å². The van der Waals surface area contributed by atoms with Gasteiger partial charge in [-0.3, -0.25) is 4.98 Å². The number of aromatic nitrogens is 1. The van der Waals surface area contributed by atoms with Gasteiger partial charge in [-0.25, -0.2) is 0 Å². The molecule has 1 atom stereocenters. The fourth-order valence-corrected chi connectivity index (χ4v) is 0.977. The zero-order valence-electron chi connectivity index (χ0n) is 7.91. The van der Waals surface area contributed by atoms with Crippen molar-refractivity contribution in [1.29, 1.82) is 0 Å². The van der Waals surface area contributed by atoms with Crippen molar-refractivity contribution in [3.63, 3.8) is 0 Å². The zero-order valence-corrected chi connectivity index (χ0v) is 7.91. The largest absolute Gasteiger partial charge is 0.327 e. The molecule has 0 amide bonds. The van der Waals surface area contributed by atoms with Gasteiger partial charge in [0.15, 0.2) is 0 Å². The van der Waals surface area contributed by atoms with Crippen LogP contribution in [0.2, 0.25) is 0 Å². The Balaban J connectivity index is 2.98. The van der Waals surface area contributed by atoms with E-state index in [1.165, 1.54) is 0 Å². The first kappa shape index (κ1) is 9.20. The maximum atomic E-state index is 5.86. The van der Waals surface area contributed by atoms with Crippen molar-refractivity contribution in [3.8, 4) is 0 Å². The van der Waals surface area contributed by atoms with E-state index in [0.29, 0.717) is 0 Å². The summed E-state index contributed by atoms with van der Waals surface area (Å²) >= 11 is 0. The van der Waals surface area contributed by atoms with Gasteiger partial charge in [0.2, 0.25) is 0 Å². The molecule has 0 aliphatic heterocycles. The fraction of sp³-hybridized carbons (Fsp3) is 0.500. The molecule has 2 heteroatoms. The first-order chi connectivity index (χ1) is 5.55. The van der Waals surface area contributed by atoms with Crippen LogP contribution >= 0.6 is 0 Å². The molecule has 0 saturated heterocycles. The Labute approximate surface area is 73.8 Å². The van der Waals surface area contributed by atoms with Crippen molar-refractivity contribution >= 4 is 0 Å². The molecule has 0 radical (unpaired) electrons. The molecular formula is C10H16N2. The second-order valence-corrected chi connectivity index (χ2v) is 3.73. The van der Waals surface area contributed by atoms with Crippen LogP contribution in [0.15, 0.2) is 24.4 Å². The Hall–Kier alpha value is -0.890. The lowest BCUT2D eigenvalue weighted by Gasteiger charge is -2.28. The van der Waals surface area contributed by atoms with Gasteiger partial charge in [0.1, 0.15) is 0 Å². The Kier molecular flexibility index (Phi) is 2.48. The lowest BCUT2D eigenvalue weighted by Crippen LogP contribution is -2.38. The molecule has 1 rings (SSSR count). The number of nitrogens with two attached hydrogens (primary N) is 1.